The third-order valence-corrected chi connectivity index (χ3v) is 5.52. The normalized spacial score (nSPS) is 26.7. The summed E-state index contributed by atoms with van der Waals surface area (Å²) in [5.74, 6) is 3.17. The monoisotopic (exact) mass is 282 g/mol. The molecule has 0 aromatic rings. The van der Waals surface area contributed by atoms with E-state index in [1.54, 1.807) is 0 Å². The van der Waals surface area contributed by atoms with E-state index in [-0.39, 0.29) is 0 Å². The van der Waals surface area contributed by atoms with Crippen LogP contribution in [0.2, 0.25) is 0 Å². The van der Waals surface area contributed by atoms with E-state index >= 15 is 0 Å². The quantitative estimate of drug-likeness (QED) is 0.759. The number of rotatable bonds is 7. The molecular formula is C18H38N2. The smallest absolute Gasteiger partial charge is 0.0221 e. The number of nitrogens with one attached hydrogen (secondary N) is 1. The molecule has 3 unspecified atom stereocenters. The van der Waals surface area contributed by atoms with Crippen molar-refractivity contribution in [3.05, 3.63) is 0 Å². The van der Waals surface area contributed by atoms with Crippen LogP contribution < -0.4 is 5.32 Å². The van der Waals surface area contributed by atoms with Crippen molar-refractivity contribution in [2.24, 2.45) is 23.7 Å². The van der Waals surface area contributed by atoms with E-state index in [4.69, 9.17) is 0 Å². The molecule has 2 heteroatoms. The van der Waals surface area contributed by atoms with Gasteiger partial charge in [-0.3, -0.25) is 4.90 Å². The fourth-order valence-corrected chi connectivity index (χ4v) is 3.64. The number of nitrogens with zero attached hydrogens (tertiary/aromatic N) is 1. The standard InChI is InChI=1S/C18H38N2/c1-8-15(7)18-12-20(16(9-2)10-19-18)11-17(13(3)4)14(5)6/h13-19H,8-12H2,1-7H3. The van der Waals surface area contributed by atoms with Crippen LogP contribution in [0.25, 0.3) is 0 Å². The molecule has 1 rings (SSSR count). The van der Waals surface area contributed by atoms with Crippen molar-refractivity contribution in [1.29, 1.82) is 0 Å². The molecule has 1 fully saturated rings. The molecule has 0 aromatic carbocycles. The highest BCUT2D eigenvalue weighted by atomic mass is 15.2. The van der Waals surface area contributed by atoms with Gasteiger partial charge in [0.25, 0.3) is 0 Å². The van der Waals surface area contributed by atoms with Gasteiger partial charge in [-0.05, 0) is 30.1 Å². The summed E-state index contributed by atoms with van der Waals surface area (Å²) in [7, 11) is 0. The SMILES string of the molecule is CCC(C)C1CN(CC(C(C)C)C(C)C)C(CC)CN1. The Kier molecular flexibility index (Phi) is 7.53. The molecule has 0 bridgehead atoms. The van der Waals surface area contributed by atoms with E-state index in [1.807, 2.05) is 0 Å². The van der Waals surface area contributed by atoms with Crippen LogP contribution in [0.15, 0.2) is 0 Å². The lowest BCUT2D eigenvalue weighted by molar-refractivity contribution is 0.0685. The van der Waals surface area contributed by atoms with Crippen LogP contribution in [-0.2, 0) is 0 Å². The molecule has 0 radical (unpaired) electrons. The molecular weight excluding hydrogens is 244 g/mol. The molecule has 0 amide bonds. The van der Waals surface area contributed by atoms with E-state index in [0.717, 1.165) is 29.7 Å². The Morgan fingerprint density at radius 3 is 2.10 bits per heavy atom. The van der Waals surface area contributed by atoms with Gasteiger partial charge in [0.2, 0.25) is 0 Å². The Labute approximate surface area is 127 Å². The van der Waals surface area contributed by atoms with E-state index in [1.165, 1.54) is 32.5 Å². The zero-order valence-corrected chi connectivity index (χ0v) is 14.9. The van der Waals surface area contributed by atoms with Crippen LogP contribution in [0.1, 0.15) is 61.3 Å². The van der Waals surface area contributed by atoms with Gasteiger partial charge in [-0.15, -0.1) is 0 Å². The Morgan fingerprint density at radius 1 is 1.05 bits per heavy atom. The van der Waals surface area contributed by atoms with Gasteiger partial charge in [-0.25, -0.2) is 0 Å². The average molecular weight is 283 g/mol. The summed E-state index contributed by atoms with van der Waals surface area (Å²) in [6.07, 6.45) is 2.54. The molecule has 1 N–H and O–H groups in total. The van der Waals surface area contributed by atoms with Crippen molar-refractivity contribution in [1.82, 2.24) is 10.2 Å². The first-order valence-corrected chi connectivity index (χ1v) is 8.88. The van der Waals surface area contributed by atoms with Gasteiger partial charge in [-0.1, -0.05) is 54.9 Å². The van der Waals surface area contributed by atoms with Gasteiger partial charge in [0.1, 0.15) is 0 Å². The van der Waals surface area contributed by atoms with Crippen molar-refractivity contribution in [3.8, 4) is 0 Å². The minimum atomic E-state index is 0.683. The zero-order valence-electron chi connectivity index (χ0n) is 14.9. The van der Waals surface area contributed by atoms with Crippen molar-refractivity contribution in [3.63, 3.8) is 0 Å². The lowest BCUT2D eigenvalue weighted by Crippen LogP contribution is -2.59. The molecule has 0 spiro atoms. The molecule has 0 aromatic heterocycles. The van der Waals surface area contributed by atoms with Gasteiger partial charge >= 0.3 is 0 Å². The topological polar surface area (TPSA) is 15.3 Å². The lowest BCUT2D eigenvalue weighted by Gasteiger charge is -2.44. The first-order valence-electron chi connectivity index (χ1n) is 8.88. The fraction of sp³-hybridized carbons (Fsp3) is 1.00. The van der Waals surface area contributed by atoms with Crippen molar-refractivity contribution in [2.75, 3.05) is 19.6 Å². The molecule has 1 aliphatic rings. The minimum absolute atomic E-state index is 0.683. The molecule has 1 aliphatic heterocycles. The van der Waals surface area contributed by atoms with E-state index < -0.39 is 0 Å². The number of piperazine rings is 1. The number of hydrogen-bond donors (Lipinski definition) is 1. The second-order valence-electron chi connectivity index (χ2n) is 7.57. The summed E-state index contributed by atoms with van der Waals surface area (Å²) in [5.41, 5.74) is 0. The summed E-state index contributed by atoms with van der Waals surface area (Å²) in [5, 5.41) is 3.79. The van der Waals surface area contributed by atoms with Crippen molar-refractivity contribution >= 4 is 0 Å². The van der Waals surface area contributed by atoms with E-state index in [9.17, 15) is 0 Å². The Bertz CT molecular complexity index is 254. The van der Waals surface area contributed by atoms with Crippen LogP contribution in [-0.4, -0.2) is 36.6 Å². The Morgan fingerprint density at radius 2 is 1.65 bits per heavy atom. The fourth-order valence-electron chi connectivity index (χ4n) is 3.64. The molecule has 0 saturated carbocycles. The van der Waals surface area contributed by atoms with Gasteiger partial charge in [0, 0.05) is 31.7 Å². The summed E-state index contributed by atoms with van der Waals surface area (Å²) in [4.78, 5) is 2.79. The first-order chi connectivity index (χ1) is 9.40. The summed E-state index contributed by atoms with van der Waals surface area (Å²) in [6, 6.07) is 1.41. The molecule has 0 aliphatic carbocycles. The molecule has 3 atom stereocenters. The maximum Gasteiger partial charge on any atom is 0.0221 e. The van der Waals surface area contributed by atoms with Gasteiger partial charge in [-0.2, -0.15) is 0 Å². The largest absolute Gasteiger partial charge is 0.311 e. The maximum absolute atomic E-state index is 3.79. The molecule has 120 valence electrons. The predicted molar refractivity (Wildman–Crippen MR) is 90.1 cm³/mol. The van der Waals surface area contributed by atoms with Gasteiger partial charge in [0.05, 0.1) is 0 Å². The zero-order chi connectivity index (χ0) is 15.3. The third-order valence-electron chi connectivity index (χ3n) is 5.52. The lowest BCUT2D eigenvalue weighted by atomic mass is 9.84. The average Bonchev–Trinajstić information content (AvgIpc) is 2.42. The summed E-state index contributed by atoms with van der Waals surface area (Å²) in [6.45, 7) is 20.3. The second-order valence-corrected chi connectivity index (χ2v) is 7.57. The minimum Gasteiger partial charge on any atom is -0.311 e. The molecule has 20 heavy (non-hydrogen) atoms. The van der Waals surface area contributed by atoms with E-state index in [2.05, 4.69) is 58.7 Å². The highest BCUT2D eigenvalue weighted by Gasteiger charge is 2.31. The van der Waals surface area contributed by atoms with Crippen LogP contribution in [0.4, 0.5) is 0 Å². The first kappa shape index (κ1) is 18.0. The Hall–Kier alpha value is -0.0800. The third kappa shape index (κ3) is 4.73. The van der Waals surface area contributed by atoms with Gasteiger partial charge in [0.15, 0.2) is 0 Å². The highest BCUT2D eigenvalue weighted by Crippen LogP contribution is 2.25. The summed E-state index contributed by atoms with van der Waals surface area (Å²) >= 11 is 0. The van der Waals surface area contributed by atoms with Crippen LogP contribution in [0.3, 0.4) is 0 Å². The highest BCUT2D eigenvalue weighted by molar-refractivity contribution is 4.89. The molecule has 1 saturated heterocycles. The number of hydrogen-bond acceptors (Lipinski definition) is 2. The van der Waals surface area contributed by atoms with Crippen LogP contribution in [0.5, 0.6) is 0 Å². The van der Waals surface area contributed by atoms with Crippen LogP contribution >= 0.6 is 0 Å². The second kappa shape index (κ2) is 8.38. The molecule has 2 nitrogen and oxygen atoms in total. The predicted octanol–water partition coefficient (Wildman–Crippen LogP) is 4.01. The van der Waals surface area contributed by atoms with Crippen molar-refractivity contribution < 1.29 is 0 Å². The van der Waals surface area contributed by atoms with Gasteiger partial charge < -0.3 is 5.32 Å². The Balaban J connectivity index is 2.70. The van der Waals surface area contributed by atoms with Crippen molar-refractivity contribution in [2.45, 2.75) is 73.4 Å². The van der Waals surface area contributed by atoms with Crippen LogP contribution in [0, 0.1) is 23.7 Å². The van der Waals surface area contributed by atoms with E-state index in [0.29, 0.717) is 6.04 Å². The molecule has 1 heterocycles. The summed E-state index contributed by atoms with van der Waals surface area (Å²) < 4.78 is 0. The maximum atomic E-state index is 3.79.